The van der Waals surface area contributed by atoms with Gasteiger partial charge in [-0.1, -0.05) is 38.1 Å². The Bertz CT molecular complexity index is 839. The Morgan fingerprint density at radius 3 is 2.50 bits per heavy atom. The summed E-state index contributed by atoms with van der Waals surface area (Å²) >= 11 is 5.75. The molecule has 0 bridgehead atoms. The van der Waals surface area contributed by atoms with E-state index in [2.05, 4.69) is 23.3 Å². The Labute approximate surface area is 212 Å². The molecule has 5 N–H and O–H groups in total. The molecule has 34 heavy (non-hydrogen) atoms. The molecular weight excluding hydrogens is 472 g/mol. The molecule has 2 amide bonds. The molecule has 10 heteroatoms. The van der Waals surface area contributed by atoms with Gasteiger partial charge in [0.05, 0.1) is 6.04 Å². The minimum atomic E-state index is -1.07. The lowest BCUT2D eigenvalue weighted by Crippen LogP contribution is -2.59. The van der Waals surface area contributed by atoms with Crippen molar-refractivity contribution in [2.24, 2.45) is 11.7 Å². The Morgan fingerprint density at radius 1 is 1.24 bits per heavy atom. The number of carbonyl (C=O) groups is 3. The standard InChI is InChI=1S/C24H38N4O4S2/c1-15(2)10-20(26-12-18(25)14-33)23(30)28-13-17-7-5-4-6-16(17)11-21(28)22(29)27-19(24(31)32)8-9-34-3/h4-7,15,18-21,26,33H,8-14,25H2,1-3H3,(H,27,29)(H,31,32)/t18-,19+,20+,21+/m1/s1. The first-order chi connectivity index (χ1) is 16.2. The minimum Gasteiger partial charge on any atom is -0.480 e. The molecule has 4 atom stereocenters. The number of nitrogens with one attached hydrogen (secondary N) is 2. The second-order valence-electron chi connectivity index (χ2n) is 9.17. The maximum atomic E-state index is 13.8. The Balaban J connectivity index is 2.31. The van der Waals surface area contributed by atoms with Gasteiger partial charge in [-0.2, -0.15) is 24.4 Å². The maximum absolute atomic E-state index is 13.8. The molecule has 1 aliphatic rings. The number of amides is 2. The van der Waals surface area contributed by atoms with Gasteiger partial charge in [-0.15, -0.1) is 0 Å². The van der Waals surface area contributed by atoms with Crippen molar-refractivity contribution in [1.82, 2.24) is 15.5 Å². The quantitative estimate of drug-likeness (QED) is 0.255. The largest absolute Gasteiger partial charge is 0.480 e. The van der Waals surface area contributed by atoms with Gasteiger partial charge >= 0.3 is 5.97 Å². The maximum Gasteiger partial charge on any atom is 0.326 e. The van der Waals surface area contributed by atoms with E-state index in [0.717, 1.165) is 11.1 Å². The number of thioether (sulfide) groups is 1. The second kappa shape index (κ2) is 14.0. The van der Waals surface area contributed by atoms with Crippen LogP contribution in [0.4, 0.5) is 0 Å². The predicted molar refractivity (Wildman–Crippen MR) is 140 cm³/mol. The molecule has 1 aliphatic heterocycles. The van der Waals surface area contributed by atoms with Gasteiger partial charge in [-0.3, -0.25) is 9.59 Å². The number of carboxylic acid groups (broad SMARTS) is 1. The van der Waals surface area contributed by atoms with Gasteiger partial charge in [-0.05, 0) is 41.9 Å². The molecule has 8 nitrogen and oxygen atoms in total. The lowest BCUT2D eigenvalue weighted by atomic mass is 9.91. The van der Waals surface area contributed by atoms with Crippen molar-refractivity contribution in [2.45, 2.75) is 63.8 Å². The molecule has 0 spiro atoms. The fraction of sp³-hybridized carbons (Fsp3) is 0.625. The van der Waals surface area contributed by atoms with Crippen LogP contribution >= 0.6 is 24.4 Å². The first-order valence-electron chi connectivity index (χ1n) is 11.7. The molecule has 0 saturated heterocycles. The number of hydrogen-bond acceptors (Lipinski definition) is 7. The van der Waals surface area contributed by atoms with Crippen LogP contribution in [0.1, 0.15) is 37.8 Å². The summed E-state index contributed by atoms with van der Waals surface area (Å²) in [6, 6.07) is 5.27. The molecule has 0 aromatic heterocycles. The molecule has 1 aromatic rings. The van der Waals surface area contributed by atoms with Gasteiger partial charge in [0.1, 0.15) is 12.1 Å². The number of rotatable bonds is 13. The van der Waals surface area contributed by atoms with Gasteiger partial charge in [0.2, 0.25) is 11.8 Å². The van der Waals surface area contributed by atoms with Crippen LogP contribution in [0.2, 0.25) is 0 Å². The van der Waals surface area contributed by atoms with Crippen LogP contribution in [0.15, 0.2) is 24.3 Å². The average molecular weight is 511 g/mol. The van der Waals surface area contributed by atoms with E-state index in [1.54, 1.807) is 4.90 Å². The molecule has 0 radical (unpaired) electrons. The summed E-state index contributed by atoms with van der Waals surface area (Å²) in [5.74, 6) is -0.335. The Morgan fingerprint density at radius 2 is 1.91 bits per heavy atom. The third-order valence-electron chi connectivity index (χ3n) is 5.93. The molecule has 1 heterocycles. The normalized spacial score (nSPS) is 18.2. The zero-order valence-electron chi connectivity index (χ0n) is 20.2. The summed E-state index contributed by atoms with van der Waals surface area (Å²) in [7, 11) is 0. The summed E-state index contributed by atoms with van der Waals surface area (Å²) in [6.45, 7) is 4.81. The molecule has 190 valence electrons. The van der Waals surface area contributed by atoms with Crippen LogP contribution in [0, 0.1) is 5.92 Å². The van der Waals surface area contributed by atoms with Crippen molar-refractivity contribution < 1.29 is 19.5 Å². The van der Waals surface area contributed by atoms with Crippen LogP contribution < -0.4 is 16.4 Å². The Hall–Kier alpha value is -1.75. The number of carbonyl (C=O) groups excluding carboxylic acids is 2. The van der Waals surface area contributed by atoms with Crippen LogP contribution in [-0.4, -0.2) is 76.3 Å². The van der Waals surface area contributed by atoms with Gasteiger partial charge in [-0.25, -0.2) is 4.79 Å². The molecule has 2 rings (SSSR count). The number of nitrogens with zero attached hydrogens (tertiary/aromatic N) is 1. The van der Waals surface area contributed by atoms with E-state index in [1.807, 2.05) is 44.4 Å². The zero-order valence-corrected chi connectivity index (χ0v) is 21.9. The van der Waals surface area contributed by atoms with Crippen LogP contribution in [0.3, 0.4) is 0 Å². The molecule has 0 saturated carbocycles. The summed E-state index contributed by atoms with van der Waals surface area (Å²) in [6.07, 6.45) is 3.14. The van der Waals surface area contributed by atoms with Gasteiger partial charge in [0, 0.05) is 31.3 Å². The van der Waals surface area contributed by atoms with E-state index in [1.165, 1.54) is 11.8 Å². The van der Waals surface area contributed by atoms with E-state index in [9.17, 15) is 19.5 Å². The van der Waals surface area contributed by atoms with E-state index in [0.29, 0.717) is 43.9 Å². The lowest BCUT2D eigenvalue weighted by molar-refractivity contribution is -0.146. The Kier molecular flexibility index (Phi) is 11.7. The average Bonchev–Trinajstić information content (AvgIpc) is 2.82. The van der Waals surface area contributed by atoms with Crippen molar-refractivity contribution in [3.8, 4) is 0 Å². The SMILES string of the molecule is CSCC[C@H](NC(=O)[C@@H]1Cc2ccccc2CN1C(=O)[C@H](CC(C)C)NC[C@@H](N)CS)C(=O)O. The topological polar surface area (TPSA) is 125 Å². The highest BCUT2D eigenvalue weighted by molar-refractivity contribution is 7.98. The zero-order chi connectivity index (χ0) is 25.3. The second-order valence-corrected chi connectivity index (χ2v) is 10.5. The number of aliphatic carboxylic acids is 1. The summed E-state index contributed by atoms with van der Waals surface area (Å²) in [4.78, 5) is 40.4. The highest BCUT2D eigenvalue weighted by Gasteiger charge is 2.38. The van der Waals surface area contributed by atoms with E-state index < -0.39 is 30.0 Å². The fourth-order valence-corrected chi connectivity index (χ4v) is 4.65. The van der Waals surface area contributed by atoms with Gasteiger partial charge in [0.15, 0.2) is 0 Å². The number of nitrogens with two attached hydrogens (primary N) is 1. The molecule has 0 aliphatic carbocycles. The first-order valence-corrected chi connectivity index (χ1v) is 13.7. The number of hydrogen-bond donors (Lipinski definition) is 5. The summed E-state index contributed by atoms with van der Waals surface area (Å²) < 4.78 is 0. The highest BCUT2D eigenvalue weighted by atomic mass is 32.2. The number of benzene rings is 1. The molecule has 0 fully saturated rings. The van der Waals surface area contributed by atoms with Crippen molar-refractivity contribution in [3.63, 3.8) is 0 Å². The van der Waals surface area contributed by atoms with Crippen molar-refractivity contribution in [1.29, 1.82) is 0 Å². The minimum absolute atomic E-state index is 0.175. The van der Waals surface area contributed by atoms with Gasteiger partial charge < -0.3 is 26.4 Å². The molecule has 0 unspecified atom stereocenters. The van der Waals surface area contributed by atoms with Crippen LogP contribution in [0.25, 0.3) is 0 Å². The highest BCUT2D eigenvalue weighted by Crippen LogP contribution is 2.25. The van der Waals surface area contributed by atoms with Crippen LogP contribution in [-0.2, 0) is 27.3 Å². The monoisotopic (exact) mass is 510 g/mol. The molecular formula is C24H38N4O4S2. The molecule has 1 aromatic carbocycles. The summed E-state index contributed by atoms with van der Waals surface area (Å²) in [5, 5.41) is 15.5. The van der Waals surface area contributed by atoms with Crippen LogP contribution in [0.5, 0.6) is 0 Å². The third kappa shape index (κ3) is 8.18. The smallest absolute Gasteiger partial charge is 0.326 e. The number of carboxylic acids is 1. The van der Waals surface area contributed by atoms with E-state index in [4.69, 9.17) is 5.73 Å². The fourth-order valence-electron chi connectivity index (χ4n) is 4.05. The van der Waals surface area contributed by atoms with Crippen molar-refractivity contribution in [3.05, 3.63) is 35.4 Å². The number of thiol groups is 1. The third-order valence-corrected chi connectivity index (χ3v) is 7.04. The van der Waals surface area contributed by atoms with Crippen molar-refractivity contribution >= 4 is 42.2 Å². The summed E-state index contributed by atoms with van der Waals surface area (Å²) in [5.41, 5.74) is 7.99. The lowest BCUT2D eigenvalue weighted by Gasteiger charge is -2.39. The van der Waals surface area contributed by atoms with E-state index >= 15 is 0 Å². The van der Waals surface area contributed by atoms with Gasteiger partial charge in [0.25, 0.3) is 0 Å². The first kappa shape index (κ1) is 28.5. The van der Waals surface area contributed by atoms with E-state index in [-0.39, 0.29) is 17.9 Å². The number of fused-ring (bicyclic) bond motifs is 1. The van der Waals surface area contributed by atoms with Crippen molar-refractivity contribution in [2.75, 3.05) is 24.3 Å². The predicted octanol–water partition coefficient (Wildman–Crippen LogP) is 1.52.